The quantitative estimate of drug-likeness (QED) is 0.530. The third-order valence-corrected chi connectivity index (χ3v) is 4.84. The molecule has 0 fully saturated rings. The second-order valence-electron chi connectivity index (χ2n) is 4.42. The number of hydrogen-bond donors (Lipinski definition) is 0. The van der Waals surface area contributed by atoms with Gasteiger partial charge in [0.15, 0.2) is 0 Å². The van der Waals surface area contributed by atoms with E-state index < -0.39 is 0 Å². The minimum absolute atomic E-state index is 0.766. The molecule has 0 unspecified atom stereocenters. The summed E-state index contributed by atoms with van der Waals surface area (Å²) in [6.07, 6.45) is 0. The normalized spacial score (nSPS) is 11.0. The van der Waals surface area contributed by atoms with Crippen molar-refractivity contribution in [3.8, 4) is 11.5 Å². The fraction of sp³-hybridized carbons (Fsp3) is 0.125. The SMILES string of the molecule is COc1cc(OC)c2cc(Br)c3ccccc3c2c1Br. The average Bonchev–Trinajstić information content (AvgIpc) is 2.48. The van der Waals surface area contributed by atoms with E-state index in [0.717, 1.165) is 42.0 Å². The summed E-state index contributed by atoms with van der Waals surface area (Å²) in [6, 6.07) is 12.2. The molecular formula is C16H12Br2O2. The third kappa shape index (κ3) is 1.98. The highest BCUT2D eigenvalue weighted by Crippen LogP contribution is 2.44. The van der Waals surface area contributed by atoms with Gasteiger partial charge in [0.2, 0.25) is 0 Å². The highest BCUT2D eigenvalue weighted by molar-refractivity contribution is 9.11. The van der Waals surface area contributed by atoms with Crippen LogP contribution in [0.15, 0.2) is 45.3 Å². The number of hydrogen-bond acceptors (Lipinski definition) is 2. The molecule has 20 heavy (non-hydrogen) atoms. The molecule has 0 saturated carbocycles. The van der Waals surface area contributed by atoms with Crippen molar-refractivity contribution in [2.75, 3.05) is 14.2 Å². The first kappa shape index (κ1) is 13.7. The summed E-state index contributed by atoms with van der Waals surface area (Å²) < 4.78 is 12.9. The lowest BCUT2D eigenvalue weighted by Crippen LogP contribution is -1.92. The number of benzene rings is 3. The third-order valence-electron chi connectivity index (χ3n) is 3.40. The van der Waals surface area contributed by atoms with Crippen molar-refractivity contribution in [2.24, 2.45) is 0 Å². The molecule has 0 aliphatic heterocycles. The first-order valence-electron chi connectivity index (χ1n) is 6.08. The lowest BCUT2D eigenvalue weighted by molar-refractivity contribution is 0.396. The zero-order chi connectivity index (χ0) is 14.3. The highest BCUT2D eigenvalue weighted by atomic mass is 79.9. The molecular weight excluding hydrogens is 384 g/mol. The minimum atomic E-state index is 0.766. The van der Waals surface area contributed by atoms with Gasteiger partial charge in [0, 0.05) is 21.3 Å². The summed E-state index contributed by atoms with van der Waals surface area (Å²) in [5, 5.41) is 4.46. The Morgan fingerprint density at radius 1 is 0.800 bits per heavy atom. The van der Waals surface area contributed by atoms with Crippen LogP contribution in [-0.4, -0.2) is 14.2 Å². The molecule has 0 aliphatic carbocycles. The van der Waals surface area contributed by atoms with Gasteiger partial charge in [0.1, 0.15) is 11.5 Å². The van der Waals surface area contributed by atoms with E-state index in [9.17, 15) is 0 Å². The molecule has 3 aromatic carbocycles. The van der Waals surface area contributed by atoms with Gasteiger partial charge < -0.3 is 9.47 Å². The number of fused-ring (bicyclic) bond motifs is 3. The lowest BCUT2D eigenvalue weighted by atomic mass is 10.0. The van der Waals surface area contributed by atoms with Crippen molar-refractivity contribution < 1.29 is 9.47 Å². The van der Waals surface area contributed by atoms with Crippen molar-refractivity contribution in [1.82, 2.24) is 0 Å². The minimum Gasteiger partial charge on any atom is -0.496 e. The van der Waals surface area contributed by atoms with Gasteiger partial charge in [0.05, 0.1) is 18.7 Å². The molecule has 0 heterocycles. The van der Waals surface area contributed by atoms with E-state index in [0.29, 0.717) is 0 Å². The van der Waals surface area contributed by atoms with Gasteiger partial charge in [-0.1, -0.05) is 40.2 Å². The van der Waals surface area contributed by atoms with E-state index in [4.69, 9.17) is 9.47 Å². The van der Waals surface area contributed by atoms with Crippen LogP contribution < -0.4 is 9.47 Å². The molecule has 2 nitrogen and oxygen atoms in total. The molecule has 4 heteroatoms. The van der Waals surface area contributed by atoms with Gasteiger partial charge >= 0.3 is 0 Å². The maximum atomic E-state index is 5.51. The zero-order valence-corrected chi connectivity index (χ0v) is 14.2. The number of halogens is 2. The summed E-state index contributed by atoms with van der Waals surface area (Å²) in [4.78, 5) is 0. The smallest absolute Gasteiger partial charge is 0.137 e. The van der Waals surface area contributed by atoms with Crippen molar-refractivity contribution in [2.45, 2.75) is 0 Å². The second kappa shape index (κ2) is 5.26. The second-order valence-corrected chi connectivity index (χ2v) is 6.07. The van der Waals surface area contributed by atoms with E-state index >= 15 is 0 Å². The molecule has 0 spiro atoms. The van der Waals surface area contributed by atoms with E-state index in [1.807, 2.05) is 18.2 Å². The Morgan fingerprint density at radius 3 is 2.10 bits per heavy atom. The zero-order valence-electron chi connectivity index (χ0n) is 11.0. The van der Waals surface area contributed by atoms with Gasteiger partial charge in [-0.15, -0.1) is 0 Å². The molecule has 0 amide bonds. The molecule has 3 aromatic rings. The van der Waals surface area contributed by atoms with Gasteiger partial charge in [-0.2, -0.15) is 0 Å². The molecule has 0 atom stereocenters. The molecule has 0 aromatic heterocycles. The molecule has 3 rings (SSSR count). The fourth-order valence-corrected chi connectivity index (χ4v) is 3.74. The Kier molecular flexibility index (Phi) is 3.61. The van der Waals surface area contributed by atoms with Crippen molar-refractivity contribution in [1.29, 1.82) is 0 Å². The molecule has 0 N–H and O–H groups in total. The molecule has 0 radical (unpaired) electrons. The Bertz CT molecular complexity index is 813. The predicted molar refractivity (Wildman–Crippen MR) is 90.0 cm³/mol. The Labute approximate surface area is 133 Å². The van der Waals surface area contributed by atoms with Crippen LogP contribution in [0.5, 0.6) is 11.5 Å². The maximum absolute atomic E-state index is 5.51. The van der Waals surface area contributed by atoms with Crippen LogP contribution >= 0.6 is 31.9 Å². The van der Waals surface area contributed by atoms with Crippen LogP contribution in [-0.2, 0) is 0 Å². The van der Waals surface area contributed by atoms with E-state index in [1.54, 1.807) is 14.2 Å². The van der Waals surface area contributed by atoms with Crippen molar-refractivity contribution >= 4 is 53.4 Å². The Morgan fingerprint density at radius 2 is 1.45 bits per heavy atom. The van der Waals surface area contributed by atoms with E-state index in [-0.39, 0.29) is 0 Å². The van der Waals surface area contributed by atoms with Gasteiger partial charge in [-0.05, 0) is 32.8 Å². The summed E-state index contributed by atoms with van der Waals surface area (Å²) in [5.41, 5.74) is 0. The van der Waals surface area contributed by atoms with E-state index in [1.165, 1.54) is 0 Å². The van der Waals surface area contributed by atoms with Crippen molar-refractivity contribution in [3.05, 3.63) is 45.3 Å². The summed E-state index contributed by atoms with van der Waals surface area (Å²) in [6.45, 7) is 0. The Hall–Kier alpha value is -1.26. The highest BCUT2D eigenvalue weighted by Gasteiger charge is 2.15. The van der Waals surface area contributed by atoms with Crippen LogP contribution in [0.1, 0.15) is 0 Å². The summed E-state index contributed by atoms with van der Waals surface area (Å²) in [7, 11) is 3.33. The topological polar surface area (TPSA) is 18.5 Å². The average molecular weight is 396 g/mol. The standard InChI is InChI=1S/C16H12Br2O2/c1-19-13-8-14(20-2)16(18)15-10-6-4-3-5-9(10)12(17)7-11(13)15/h3-8H,1-2H3. The Balaban J connectivity index is 2.61. The summed E-state index contributed by atoms with van der Waals surface area (Å²) in [5.74, 6) is 1.56. The van der Waals surface area contributed by atoms with Crippen LogP contribution in [0, 0.1) is 0 Å². The number of methoxy groups -OCH3 is 2. The molecule has 0 aliphatic rings. The van der Waals surface area contributed by atoms with Gasteiger partial charge in [-0.25, -0.2) is 0 Å². The van der Waals surface area contributed by atoms with Crippen LogP contribution in [0.3, 0.4) is 0 Å². The van der Waals surface area contributed by atoms with Crippen LogP contribution in [0.4, 0.5) is 0 Å². The lowest BCUT2D eigenvalue weighted by Gasteiger charge is -2.14. The number of rotatable bonds is 2. The van der Waals surface area contributed by atoms with Gasteiger partial charge in [-0.3, -0.25) is 0 Å². The molecule has 102 valence electrons. The van der Waals surface area contributed by atoms with Crippen molar-refractivity contribution in [3.63, 3.8) is 0 Å². The molecule has 0 saturated heterocycles. The first-order chi connectivity index (χ1) is 9.67. The van der Waals surface area contributed by atoms with E-state index in [2.05, 4.69) is 50.1 Å². The fourth-order valence-electron chi connectivity index (χ4n) is 2.46. The van der Waals surface area contributed by atoms with Gasteiger partial charge in [0.25, 0.3) is 0 Å². The first-order valence-corrected chi connectivity index (χ1v) is 7.67. The van der Waals surface area contributed by atoms with Crippen LogP contribution in [0.25, 0.3) is 21.5 Å². The maximum Gasteiger partial charge on any atom is 0.137 e. The number of ether oxygens (including phenoxy) is 2. The predicted octanol–water partition coefficient (Wildman–Crippen LogP) is 5.54. The van der Waals surface area contributed by atoms with Crippen LogP contribution in [0.2, 0.25) is 0 Å². The largest absolute Gasteiger partial charge is 0.496 e. The summed E-state index contributed by atoms with van der Waals surface area (Å²) >= 11 is 7.29. The monoisotopic (exact) mass is 394 g/mol. The molecule has 0 bridgehead atoms.